The first-order valence-electron chi connectivity index (χ1n) is 11.2. The molecular weight excluding hydrogens is 402 g/mol. The first-order valence-corrected chi connectivity index (χ1v) is 12.6. The van der Waals surface area contributed by atoms with Gasteiger partial charge in [-0.05, 0) is 75.6 Å². The summed E-state index contributed by atoms with van der Waals surface area (Å²) in [6, 6.07) is 38.4. The fourth-order valence-electron chi connectivity index (χ4n) is 4.88. The van der Waals surface area contributed by atoms with Crippen LogP contribution >= 0.6 is 0 Å². The summed E-state index contributed by atoms with van der Waals surface area (Å²) in [6.07, 6.45) is 0. The van der Waals surface area contributed by atoms with Crippen LogP contribution in [0.3, 0.4) is 0 Å². The van der Waals surface area contributed by atoms with E-state index in [4.69, 9.17) is 0 Å². The highest BCUT2D eigenvalue weighted by molar-refractivity contribution is 6.63. The molecule has 0 aliphatic heterocycles. The fourth-order valence-corrected chi connectivity index (χ4v) is 6.70. The largest absolute Gasteiger partial charge is 0.370 e. The topological polar surface area (TPSA) is 3.24 Å². The van der Waals surface area contributed by atoms with E-state index in [9.17, 15) is 0 Å². The molecule has 1 nitrogen and oxygen atoms in total. The molecule has 0 heterocycles. The molecule has 0 aliphatic rings. The summed E-state index contributed by atoms with van der Waals surface area (Å²) in [4.78, 5) is 0. The van der Waals surface area contributed by atoms with E-state index in [1.165, 1.54) is 60.0 Å². The number of benzene rings is 6. The Hall–Kier alpha value is -3.62. The lowest BCUT2D eigenvalue weighted by Crippen LogP contribution is -2.32. The van der Waals surface area contributed by atoms with Gasteiger partial charge in [-0.3, -0.25) is 0 Å². The average Bonchev–Trinajstić information content (AvgIpc) is 2.83. The molecule has 0 aliphatic carbocycles. The second-order valence-electron chi connectivity index (χ2n) is 8.84. The minimum absolute atomic E-state index is 0.802. The molecule has 154 valence electrons. The normalized spacial score (nSPS) is 11.9. The lowest BCUT2D eigenvalue weighted by atomic mass is 9.94. The van der Waals surface area contributed by atoms with E-state index in [-0.39, 0.29) is 0 Å². The van der Waals surface area contributed by atoms with Crippen molar-refractivity contribution in [1.82, 2.24) is 0 Å². The van der Waals surface area contributed by atoms with Crippen LogP contribution in [0.2, 0.25) is 0 Å². The minimum Gasteiger partial charge on any atom is -0.370 e. The van der Waals surface area contributed by atoms with Gasteiger partial charge in [0.05, 0.1) is 0 Å². The summed E-state index contributed by atoms with van der Waals surface area (Å²) in [5.74, 6) is 0. The Kier molecular flexibility index (Phi) is 4.48. The molecule has 6 aromatic carbocycles. The quantitative estimate of drug-likeness (QED) is 0.222. The van der Waals surface area contributed by atoms with Gasteiger partial charge in [-0.15, -0.1) is 0 Å². The number of anilines is 2. The van der Waals surface area contributed by atoms with E-state index in [1.807, 2.05) is 0 Å². The minimum atomic E-state index is -0.802. The molecule has 0 aromatic heterocycles. The van der Waals surface area contributed by atoms with Gasteiger partial charge in [0.2, 0.25) is 0 Å². The third-order valence-electron chi connectivity index (χ3n) is 6.64. The summed E-state index contributed by atoms with van der Waals surface area (Å²) in [5, 5.41) is 9.69. The zero-order valence-corrected chi connectivity index (χ0v) is 19.9. The molecule has 6 rings (SSSR count). The van der Waals surface area contributed by atoms with Gasteiger partial charge in [0.1, 0.15) is 0 Å². The van der Waals surface area contributed by atoms with E-state index in [0.717, 1.165) is 0 Å². The van der Waals surface area contributed by atoms with Crippen molar-refractivity contribution >= 4 is 58.6 Å². The number of hydrogen-bond donors (Lipinski definition) is 0. The van der Waals surface area contributed by atoms with Crippen LogP contribution in [0.5, 0.6) is 0 Å². The highest BCUT2D eigenvalue weighted by Gasteiger charge is 2.15. The maximum Gasteiger partial charge on any atom is 0.162 e. The molecule has 32 heavy (non-hydrogen) atoms. The van der Waals surface area contributed by atoms with Crippen molar-refractivity contribution in [1.29, 1.82) is 0 Å². The van der Waals surface area contributed by atoms with Crippen molar-refractivity contribution in [2.75, 3.05) is 4.57 Å². The maximum absolute atomic E-state index is 2.56. The lowest BCUT2D eigenvalue weighted by Gasteiger charge is -2.27. The predicted octanol–water partition coefficient (Wildman–Crippen LogP) is 6.75. The van der Waals surface area contributed by atoms with E-state index in [1.54, 1.807) is 0 Å². The van der Waals surface area contributed by atoms with E-state index >= 15 is 0 Å². The van der Waals surface area contributed by atoms with Crippen LogP contribution in [0.1, 0.15) is 11.1 Å². The standard InChI is InChI=1S/C30H25NSi/c1-20-6-14-25(15-7-20)31(26-16-8-21(2)9-17-26)32-28-19-13-24-11-10-22-4-3-5-23-12-18-27(28)30(24)29(22)23/h3-19H,32H2,1-2H3. The van der Waals surface area contributed by atoms with Crippen molar-refractivity contribution in [2.24, 2.45) is 0 Å². The van der Waals surface area contributed by atoms with Gasteiger partial charge in [-0.25, -0.2) is 0 Å². The number of hydrogen-bond acceptors (Lipinski definition) is 1. The van der Waals surface area contributed by atoms with Gasteiger partial charge < -0.3 is 4.57 Å². The molecule has 0 saturated heterocycles. The van der Waals surface area contributed by atoms with Gasteiger partial charge in [0.15, 0.2) is 9.68 Å². The third kappa shape index (κ3) is 3.15. The van der Waals surface area contributed by atoms with Crippen molar-refractivity contribution < 1.29 is 0 Å². The van der Waals surface area contributed by atoms with Crippen molar-refractivity contribution in [3.63, 3.8) is 0 Å². The molecule has 0 bridgehead atoms. The van der Waals surface area contributed by atoms with Crippen LogP contribution in [0, 0.1) is 13.8 Å². The van der Waals surface area contributed by atoms with Crippen molar-refractivity contribution in [2.45, 2.75) is 13.8 Å². The number of aryl methyl sites for hydroxylation is 2. The molecule has 0 N–H and O–H groups in total. The Morgan fingerprint density at radius 3 is 1.59 bits per heavy atom. The molecular formula is C30H25NSi. The summed E-state index contributed by atoms with van der Waals surface area (Å²) in [7, 11) is -0.802. The molecule has 0 spiro atoms. The Labute approximate surface area is 191 Å². The Morgan fingerprint density at radius 1 is 0.500 bits per heavy atom. The van der Waals surface area contributed by atoms with Crippen LogP contribution in [0.4, 0.5) is 11.4 Å². The molecule has 0 radical (unpaired) electrons. The molecule has 0 unspecified atom stereocenters. The van der Waals surface area contributed by atoms with Crippen LogP contribution in [0.25, 0.3) is 32.3 Å². The van der Waals surface area contributed by atoms with Gasteiger partial charge in [-0.2, -0.15) is 0 Å². The third-order valence-corrected chi connectivity index (χ3v) is 8.64. The first kappa shape index (κ1) is 19.1. The summed E-state index contributed by atoms with van der Waals surface area (Å²) < 4.78 is 2.56. The Balaban J connectivity index is 1.54. The molecule has 0 amide bonds. The van der Waals surface area contributed by atoms with Gasteiger partial charge >= 0.3 is 0 Å². The smallest absolute Gasteiger partial charge is 0.162 e. The van der Waals surface area contributed by atoms with Crippen LogP contribution in [-0.4, -0.2) is 9.68 Å². The van der Waals surface area contributed by atoms with Crippen LogP contribution in [0.15, 0.2) is 103 Å². The maximum atomic E-state index is 2.56. The predicted molar refractivity (Wildman–Crippen MR) is 143 cm³/mol. The molecule has 0 atom stereocenters. The van der Waals surface area contributed by atoms with E-state index < -0.39 is 9.68 Å². The SMILES string of the molecule is Cc1ccc(N([SiH2]c2ccc3ccc4cccc5ccc2c3c45)c2ccc(C)cc2)cc1. The Morgan fingerprint density at radius 2 is 1.00 bits per heavy atom. The molecule has 6 aromatic rings. The van der Waals surface area contributed by atoms with Crippen molar-refractivity contribution in [3.8, 4) is 0 Å². The van der Waals surface area contributed by atoms with Crippen LogP contribution < -0.4 is 9.75 Å². The second-order valence-corrected chi connectivity index (χ2v) is 10.5. The highest BCUT2D eigenvalue weighted by atomic mass is 28.2. The summed E-state index contributed by atoms with van der Waals surface area (Å²) in [5.41, 5.74) is 5.14. The van der Waals surface area contributed by atoms with E-state index in [2.05, 4.69) is 122 Å². The average molecular weight is 428 g/mol. The summed E-state index contributed by atoms with van der Waals surface area (Å²) >= 11 is 0. The zero-order valence-electron chi connectivity index (χ0n) is 18.5. The molecule has 0 saturated carbocycles. The second kappa shape index (κ2) is 7.51. The number of nitrogens with zero attached hydrogens (tertiary/aromatic N) is 1. The van der Waals surface area contributed by atoms with Crippen molar-refractivity contribution in [3.05, 3.63) is 114 Å². The molecule has 0 fully saturated rings. The first-order chi connectivity index (χ1) is 15.7. The van der Waals surface area contributed by atoms with Gasteiger partial charge in [0, 0.05) is 11.4 Å². The summed E-state index contributed by atoms with van der Waals surface area (Å²) in [6.45, 7) is 4.30. The monoisotopic (exact) mass is 427 g/mol. The number of rotatable bonds is 4. The molecule has 2 heteroatoms. The highest BCUT2D eigenvalue weighted by Crippen LogP contribution is 2.34. The van der Waals surface area contributed by atoms with Crippen LogP contribution in [-0.2, 0) is 0 Å². The van der Waals surface area contributed by atoms with E-state index in [0.29, 0.717) is 0 Å². The lowest BCUT2D eigenvalue weighted by molar-refractivity contribution is 1.36. The van der Waals surface area contributed by atoms with Gasteiger partial charge in [-0.1, -0.05) is 90.0 Å². The Bertz CT molecular complexity index is 1490. The zero-order chi connectivity index (χ0) is 21.7. The fraction of sp³-hybridized carbons (Fsp3) is 0.0667. The van der Waals surface area contributed by atoms with Gasteiger partial charge in [0.25, 0.3) is 0 Å².